The van der Waals surface area contributed by atoms with E-state index >= 15 is 0 Å². The fourth-order valence-electron chi connectivity index (χ4n) is 1.89. The number of nitro benzene ring substituents is 1. The molecule has 0 heterocycles. The number of anilines is 1. The van der Waals surface area contributed by atoms with Crippen molar-refractivity contribution < 1.29 is 14.5 Å². The van der Waals surface area contributed by atoms with E-state index in [1.165, 1.54) is 25.1 Å². The first-order valence-corrected chi connectivity index (χ1v) is 7.04. The minimum Gasteiger partial charge on any atom is -0.321 e. The molecule has 112 valence electrons. The van der Waals surface area contributed by atoms with E-state index < -0.39 is 10.8 Å². The third-order valence-electron chi connectivity index (χ3n) is 2.96. The molecule has 0 aromatic heterocycles. The first kappa shape index (κ1) is 15.8. The van der Waals surface area contributed by atoms with Gasteiger partial charge in [0.2, 0.25) is 0 Å². The number of hydrogen-bond donors (Lipinski definition) is 1. The zero-order valence-corrected chi connectivity index (χ0v) is 13.1. The number of amides is 1. The largest absolute Gasteiger partial charge is 0.321 e. The second-order valence-electron chi connectivity index (χ2n) is 4.48. The number of nitrogens with one attached hydrogen (secondary N) is 1. The summed E-state index contributed by atoms with van der Waals surface area (Å²) in [5.74, 6) is -0.706. The Kier molecular flexibility index (Phi) is 4.67. The van der Waals surface area contributed by atoms with Crippen molar-refractivity contribution in [1.29, 1.82) is 0 Å². The van der Waals surface area contributed by atoms with Crippen LogP contribution in [-0.2, 0) is 0 Å². The molecule has 0 atom stereocenters. The van der Waals surface area contributed by atoms with Gasteiger partial charge in [0.05, 0.1) is 15.1 Å². The van der Waals surface area contributed by atoms with Gasteiger partial charge in [-0.25, -0.2) is 0 Å². The Balaban J connectivity index is 2.33. The Labute approximate surface area is 134 Å². The Bertz CT molecular complexity index is 774. The van der Waals surface area contributed by atoms with Crippen molar-refractivity contribution in [2.75, 3.05) is 5.32 Å². The summed E-state index contributed by atoms with van der Waals surface area (Å²) in [5, 5.41) is 13.5. The Morgan fingerprint density at radius 2 is 1.86 bits per heavy atom. The molecule has 0 aliphatic rings. The van der Waals surface area contributed by atoms with Gasteiger partial charge in [0.25, 0.3) is 11.6 Å². The number of benzene rings is 2. The molecule has 1 amide bonds. The number of para-hydroxylation sites is 1. The number of Topliss-reactive ketones (excluding diaryl/α,β-unsaturated/α-hetero) is 1. The fourth-order valence-corrected chi connectivity index (χ4v) is 2.28. The highest BCUT2D eigenvalue weighted by Crippen LogP contribution is 2.26. The number of ketones is 1. The fraction of sp³-hybridized carbons (Fsp3) is 0.0667. The molecule has 0 saturated carbocycles. The van der Waals surface area contributed by atoms with Crippen LogP contribution in [0.25, 0.3) is 0 Å². The lowest BCUT2D eigenvalue weighted by molar-refractivity contribution is -0.385. The van der Waals surface area contributed by atoms with Crippen molar-refractivity contribution in [3.63, 3.8) is 0 Å². The number of halogens is 1. The molecule has 0 fully saturated rings. The third kappa shape index (κ3) is 3.37. The Morgan fingerprint density at radius 3 is 2.50 bits per heavy atom. The average molecular weight is 363 g/mol. The maximum atomic E-state index is 12.2. The molecule has 0 spiro atoms. The monoisotopic (exact) mass is 362 g/mol. The number of nitro groups is 1. The van der Waals surface area contributed by atoms with Gasteiger partial charge in [0.1, 0.15) is 0 Å². The second kappa shape index (κ2) is 6.48. The van der Waals surface area contributed by atoms with Crippen LogP contribution < -0.4 is 5.32 Å². The normalized spacial score (nSPS) is 10.1. The van der Waals surface area contributed by atoms with Gasteiger partial charge in [-0.05, 0) is 47.1 Å². The maximum absolute atomic E-state index is 12.2. The summed E-state index contributed by atoms with van der Waals surface area (Å²) < 4.78 is 0.290. The molecule has 22 heavy (non-hydrogen) atoms. The van der Waals surface area contributed by atoms with E-state index in [4.69, 9.17) is 0 Å². The van der Waals surface area contributed by atoms with Gasteiger partial charge in [-0.3, -0.25) is 19.7 Å². The molecule has 0 unspecified atom stereocenters. The van der Waals surface area contributed by atoms with Crippen LogP contribution in [0.1, 0.15) is 27.6 Å². The summed E-state index contributed by atoms with van der Waals surface area (Å²) in [6.07, 6.45) is 0. The lowest BCUT2D eigenvalue weighted by atomic mass is 10.1. The molecule has 2 aromatic rings. The summed E-state index contributed by atoms with van der Waals surface area (Å²) in [6, 6.07) is 10.6. The first-order chi connectivity index (χ1) is 10.4. The predicted molar refractivity (Wildman–Crippen MR) is 85.2 cm³/mol. The highest BCUT2D eigenvalue weighted by Gasteiger charge is 2.17. The average Bonchev–Trinajstić information content (AvgIpc) is 2.47. The standard InChI is InChI=1S/C15H11BrN2O4/c1-9(19)11-4-2-3-5-13(11)17-15(20)10-6-7-12(16)14(8-10)18(21)22/h2-8H,1H3,(H,17,20). The van der Waals surface area contributed by atoms with Crippen molar-refractivity contribution in [2.24, 2.45) is 0 Å². The second-order valence-corrected chi connectivity index (χ2v) is 5.33. The van der Waals surface area contributed by atoms with Gasteiger partial charge < -0.3 is 5.32 Å². The third-order valence-corrected chi connectivity index (χ3v) is 3.63. The molecular formula is C15H11BrN2O4. The van der Waals surface area contributed by atoms with Crippen molar-refractivity contribution in [3.8, 4) is 0 Å². The minimum absolute atomic E-state index is 0.133. The summed E-state index contributed by atoms with van der Waals surface area (Å²) in [4.78, 5) is 34.1. The summed E-state index contributed by atoms with van der Waals surface area (Å²) in [6.45, 7) is 1.40. The van der Waals surface area contributed by atoms with E-state index in [-0.39, 0.29) is 21.5 Å². The molecule has 0 aliphatic carbocycles. The highest BCUT2D eigenvalue weighted by molar-refractivity contribution is 9.10. The van der Waals surface area contributed by atoms with Crippen LogP contribution in [0, 0.1) is 10.1 Å². The van der Waals surface area contributed by atoms with Gasteiger partial charge in [-0.1, -0.05) is 12.1 Å². The van der Waals surface area contributed by atoms with Crippen LogP contribution in [0.2, 0.25) is 0 Å². The zero-order chi connectivity index (χ0) is 16.3. The topological polar surface area (TPSA) is 89.3 Å². The maximum Gasteiger partial charge on any atom is 0.284 e. The Morgan fingerprint density at radius 1 is 1.18 bits per heavy atom. The molecule has 0 saturated heterocycles. The molecule has 0 aliphatic heterocycles. The highest BCUT2D eigenvalue weighted by atomic mass is 79.9. The Hall–Kier alpha value is -2.54. The summed E-state index contributed by atoms with van der Waals surface area (Å²) in [5.41, 5.74) is 0.675. The summed E-state index contributed by atoms with van der Waals surface area (Å²) >= 11 is 3.06. The van der Waals surface area contributed by atoms with Crippen molar-refractivity contribution in [3.05, 3.63) is 68.2 Å². The van der Waals surface area contributed by atoms with Crippen LogP contribution in [0.3, 0.4) is 0 Å². The first-order valence-electron chi connectivity index (χ1n) is 6.25. The van der Waals surface area contributed by atoms with Crippen LogP contribution in [0.5, 0.6) is 0 Å². The van der Waals surface area contributed by atoms with E-state index in [9.17, 15) is 19.7 Å². The van der Waals surface area contributed by atoms with Crippen molar-refractivity contribution in [1.82, 2.24) is 0 Å². The molecule has 2 rings (SSSR count). The predicted octanol–water partition coefficient (Wildman–Crippen LogP) is 3.81. The van der Waals surface area contributed by atoms with Crippen LogP contribution in [0.4, 0.5) is 11.4 Å². The van der Waals surface area contributed by atoms with Gasteiger partial charge in [-0.2, -0.15) is 0 Å². The number of carbonyl (C=O) groups is 2. The van der Waals surface area contributed by atoms with E-state index in [0.717, 1.165) is 0 Å². The van der Waals surface area contributed by atoms with E-state index in [2.05, 4.69) is 21.2 Å². The molecular weight excluding hydrogens is 352 g/mol. The number of hydrogen-bond acceptors (Lipinski definition) is 4. The van der Waals surface area contributed by atoms with Gasteiger partial charge in [-0.15, -0.1) is 0 Å². The lowest BCUT2D eigenvalue weighted by Gasteiger charge is -2.09. The van der Waals surface area contributed by atoms with E-state index in [1.54, 1.807) is 24.3 Å². The molecule has 1 N–H and O–H groups in total. The van der Waals surface area contributed by atoms with Crippen LogP contribution in [0.15, 0.2) is 46.9 Å². The molecule has 2 aromatic carbocycles. The van der Waals surface area contributed by atoms with E-state index in [0.29, 0.717) is 11.3 Å². The van der Waals surface area contributed by atoms with Gasteiger partial charge in [0.15, 0.2) is 5.78 Å². The van der Waals surface area contributed by atoms with Crippen molar-refractivity contribution in [2.45, 2.75) is 6.92 Å². The van der Waals surface area contributed by atoms with Gasteiger partial charge >= 0.3 is 0 Å². The number of nitrogens with zero attached hydrogens (tertiary/aromatic N) is 1. The number of rotatable bonds is 4. The molecule has 6 nitrogen and oxygen atoms in total. The molecule has 0 radical (unpaired) electrons. The van der Waals surface area contributed by atoms with Crippen LogP contribution >= 0.6 is 15.9 Å². The molecule has 0 bridgehead atoms. The lowest BCUT2D eigenvalue weighted by Crippen LogP contribution is -2.14. The quantitative estimate of drug-likeness (QED) is 0.508. The SMILES string of the molecule is CC(=O)c1ccccc1NC(=O)c1ccc(Br)c([N+](=O)[O-])c1. The smallest absolute Gasteiger partial charge is 0.284 e. The number of carbonyl (C=O) groups excluding carboxylic acids is 2. The van der Waals surface area contributed by atoms with Crippen molar-refractivity contribution >= 4 is 39.0 Å². The minimum atomic E-state index is -0.579. The molecule has 7 heteroatoms. The summed E-state index contributed by atoms with van der Waals surface area (Å²) in [7, 11) is 0. The van der Waals surface area contributed by atoms with Gasteiger partial charge in [0, 0.05) is 17.2 Å². The van der Waals surface area contributed by atoms with Crippen LogP contribution in [-0.4, -0.2) is 16.6 Å². The zero-order valence-electron chi connectivity index (χ0n) is 11.5. The van der Waals surface area contributed by atoms with E-state index in [1.807, 2.05) is 0 Å².